The Morgan fingerprint density at radius 1 is 1.32 bits per heavy atom. The fourth-order valence-electron chi connectivity index (χ4n) is 1.99. The first kappa shape index (κ1) is 11.8. The van der Waals surface area contributed by atoms with Crippen LogP contribution in [0.3, 0.4) is 0 Å². The first-order chi connectivity index (χ1) is 9.08. The van der Waals surface area contributed by atoms with Crippen molar-refractivity contribution in [3.8, 4) is 0 Å². The molecular weight excluding hydrogens is 244 g/mol. The summed E-state index contributed by atoms with van der Waals surface area (Å²) in [6.07, 6.45) is 2.20. The Balaban J connectivity index is 1.82. The number of aromatic nitrogens is 4. The second kappa shape index (κ2) is 4.11. The van der Waals surface area contributed by atoms with Crippen LogP contribution >= 0.6 is 0 Å². The molecule has 0 bridgehead atoms. The molecule has 2 aromatic heterocycles. The standard InChI is InChI=1S/C12H16N6O/c1-5-6(2)15-18-11(5)14-12(19)10-8(13)9(16-17-10)7-3-4-7/h7H,3-4,13H2,1-2H3,(H,16,17)(H2,14,15,18,19). The van der Waals surface area contributed by atoms with Gasteiger partial charge in [0.2, 0.25) is 0 Å². The van der Waals surface area contributed by atoms with E-state index in [2.05, 4.69) is 25.7 Å². The van der Waals surface area contributed by atoms with Crippen LogP contribution in [-0.4, -0.2) is 26.3 Å². The predicted molar refractivity (Wildman–Crippen MR) is 71.0 cm³/mol. The van der Waals surface area contributed by atoms with Gasteiger partial charge in [-0.2, -0.15) is 10.2 Å². The third kappa shape index (κ3) is 1.96. The number of aromatic amines is 2. The Kier molecular flexibility index (Phi) is 2.55. The van der Waals surface area contributed by atoms with Crippen molar-refractivity contribution in [3.05, 3.63) is 22.6 Å². The quantitative estimate of drug-likeness (QED) is 0.669. The average molecular weight is 260 g/mol. The molecule has 2 heterocycles. The number of amides is 1. The van der Waals surface area contributed by atoms with Crippen molar-refractivity contribution in [1.29, 1.82) is 0 Å². The van der Waals surface area contributed by atoms with E-state index in [1.54, 1.807) is 0 Å². The Hall–Kier alpha value is -2.31. The van der Waals surface area contributed by atoms with Crippen LogP contribution in [0.15, 0.2) is 0 Å². The Labute approximate surface area is 110 Å². The SMILES string of the molecule is Cc1[nH]nc(NC(=O)c2n[nH]c(C3CC3)c2N)c1C. The molecule has 0 saturated heterocycles. The van der Waals surface area contributed by atoms with E-state index in [0.717, 1.165) is 29.8 Å². The molecule has 5 N–H and O–H groups in total. The molecule has 7 heteroatoms. The molecule has 1 saturated carbocycles. The second-order valence-corrected chi connectivity index (χ2v) is 4.95. The summed E-state index contributed by atoms with van der Waals surface area (Å²) >= 11 is 0. The molecular formula is C12H16N6O. The molecule has 0 aliphatic heterocycles. The molecule has 3 rings (SSSR count). The Morgan fingerprint density at radius 2 is 2.05 bits per heavy atom. The zero-order valence-corrected chi connectivity index (χ0v) is 10.9. The molecule has 19 heavy (non-hydrogen) atoms. The summed E-state index contributed by atoms with van der Waals surface area (Å²) in [6.45, 7) is 3.78. The number of nitrogen functional groups attached to an aromatic ring is 1. The van der Waals surface area contributed by atoms with Gasteiger partial charge in [0.1, 0.15) is 0 Å². The minimum absolute atomic E-state index is 0.238. The number of H-pyrrole nitrogens is 2. The van der Waals surface area contributed by atoms with Gasteiger partial charge in [0.15, 0.2) is 11.5 Å². The lowest BCUT2D eigenvalue weighted by Gasteiger charge is -2.01. The third-order valence-electron chi connectivity index (χ3n) is 3.52. The van der Waals surface area contributed by atoms with E-state index in [-0.39, 0.29) is 11.6 Å². The lowest BCUT2D eigenvalue weighted by Crippen LogP contribution is -2.15. The largest absolute Gasteiger partial charge is 0.395 e. The van der Waals surface area contributed by atoms with Crippen molar-refractivity contribution in [2.75, 3.05) is 11.1 Å². The van der Waals surface area contributed by atoms with E-state index < -0.39 is 0 Å². The molecule has 0 aromatic carbocycles. The number of nitrogens with two attached hydrogens (primary N) is 1. The first-order valence-electron chi connectivity index (χ1n) is 6.24. The summed E-state index contributed by atoms with van der Waals surface area (Å²) in [4.78, 5) is 12.1. The first-order valence-corrected chi connectivity index (χ1v) is 6.24. The van der Waals surface area contributed by atoms with Crippen LogP contribution in [-0.2, 0) is 0 Å². The van der Waals surface area contributed by atoms with Gasteiger partial charge in [-0.25, -0.2) is 0 Å². The van der Waals surface area contributed by atoms with E-state index in [1.165, 1.54) is 0 Å². The predicted octanol–water partition coefficient (Wildman–Crippen LogP) is 1.46. The molecule has 7 nitrogen and oxygen atoms in total. The number of nitrogens with zero attached hydrogens (tertiary/aromatic N) is 2. The minimum atomic E-state index is -0.338. The zero-order valence-electron chi connectivity index (χ0n) is 10.9. The number of anilines is 2. The molecule has 0 radical (unpaired) electrons. The molecule has 1 aliphatic rings. The smallest absolute Gasteiger partial charge is 0.279 e. The normalized spacial score (nSPS) is 14.6. The van der Waals surface area contributed by atoms with Crippen LogP contribution in [0.5, 0.6) is 0 Å². The maximum absolute atomic E-state index is 12.1. The van der Waals surface area contributed by atoms with Gasteiger partial charge >= 0.3 is 0 Å². The third-order valence-corrected chi connectivity index (χ3v) is 3.52. The number of hydrogen-bond acceptors (Lipinski definition) is 4. The van der Waals surface area contributed by atoms with Gasteiger partial charge in [-0.15, -0.1) is 0 Å². The van der Waals surface area contributed by atoms with E-state index in [9.17, 15) is 4.79 Å². The minimum Gasteiger partial charge on any atom is -0.395 e. The van der Waals surface area contributed by atoms with Crippen molar-refractivity contribution in [3.63, 3.8) is 0 Å². The van der Waals surface area contributed by atoms with Crippen LogP contribution in [0, 0.1) is 13.8 Å². The zero-order chi connectivity index (χ0) is 13.6. The molecule has 1 fully saturated rings. The molecule has 0 unspecified atom stereocenters. The van der Waals surface area contributed by atoms with Crippen LogP contribution in [0.2, 0.25) is 0 Å². The van der Waals surface area contributed by atoms with Crippen LogP contribution in [0.25, 0.3) is 0 Å². The van der Waals surface area contributed by atoms with Crippen molar-refractivity contribution >= 4 is 17.4 Å². The number of hydrogen-bond donors (Lipinski definition) is 4. The maximum Gasteiger partial charge on any atom is 0.279 e. The van der Waals surface area contributed by atoms with Crippen LogP contribution < -0.4 is 11.1 Å². The number of rotatable bonds is 3. The summed E-state index contributed by atoms with van der Waals surface area (Å²) < 4.78 is 0. The Bertz CT molecular complexity index is 637. The highest BCUT2D eigenvalue weighted by molar-refractivity contribution is 6.06. The van der Waals surface area contributed by atoms with Gasteiger partial charge < -0.3 is 11.1 Å². The summed E-state index contributed by atoms with van der Waals surface area (Å²) in [7, 11) is 0. The van der Waals surface area contributed by atoms with Crippen molar-refractivity contribution in [2.24, 2.45) is 0 Å². The van der Waals surface area contributed by atoms with E-state index in [4.69, 9.17) is 5.73 Å². The summed E-state index contributed by atoms with van der Waals surface area (Å²) in [6, 6.07) is 0. The molecule has 1 amide bonds. The molecule has 1 aliphatic carbocycles. The number of carbonyl (C=O) groups excluding carboxylic acids is 1. The summed E-state index contributed by atoms with van der Waals surface area (Å²) in [5.41, 5.74) is 9.35. The number of carbonyl (C=O) groups is 1. The molecule has 100 valence electrons. The fraction of sp³-hybridized carbons (Fsp3) is 0.417. The van der Waals surface area contributed by atoms with Crippen LogP contribution in [0.4, 0.5) is 11.5 Å². The van der Waals surface area contributed by atoms with Crippen molar-refractivity contribution < 1.29 is 4.79 Å². The van der Waals surface area contributed by atoms with E-state index in [0.29, 0.717) is 17.4 Å². The van der Waals surface area contributed by atoms with Gasteiger partial charge in [-0.05, 0) is 26.7 Å². The summed E-state index contributed by atoms with van der Waals surface area (Å²) in [5.74, 6) is 0.608. The number of nitrogens with one attached hydrogen (secondary N) is 3. The lowest BCUT2D eigenvalue weighted by atomic mass is 10.2. The second-order valence-electron chi connectivity index (χ2n) is 4.95. The van der Waals surface area contributed by atoms with Gasteiger partial charge in [0.05, 0.1) is 11.4 Å². The highest BCUT2D eigenvalue weighted by atomic mass is 16.2. The highest BCUT2D eigenvalue weighted by Gasteiger charge is 2.30. The average Bonchev–Trinajstić information content (AvgIpc) is 3.09. The molecule has 0 atom stereocenters. The van der Waals surface area contributed by atoms with Gasteiger partial charge in [-0.1, -0.05) is 0 Å². The topological polar surface area (TPSA) is 112 Å². The lowest BCUT2D eigenvalue weighted by molar-refractivity contribution is 0.102. The van der Waals surface area contributed by atoms with Gasteiger partial charge in [0, 0.05) is 17.2 Å². The monoisotopic (exact) mass is 260 g/mol. The maximum atomic E-state index is 12.1. The van der Waals surface area contributed by atoms with Gasteiger partial charge in [-0.3, -0.25) is 15.0 Å². The fourth-order valence-corrected chi connectivity index (χ4v) is 1.99. The van der Waals surface area contributed by atoms with E-state index in [1.807, 2.05) is 13.8 Å². The molecule has 0 spiro atoms. The number of aryl methyl sites for hydroxylation is 1. The van der Waals surface area contributed by atoms with Crippen molar-refractivity contribution in [2.45, 2.75) is 32.6 Å². The molecule has 2 aromatic rings. The van der Waals surface area contributed by atoms with Gasteiger partial charge in [0.25, 0.3) is 5.91 Å². The summed E-state index contributed by atoms with van der Waals surface area (Å²) in [5, 5.41) is 16.4. The van der Waals surface area contributed by atoms with Crippen LogP contribution in [0.1, 0.15) is 46.2 Å². The van der Waals surface area contributed by atoms with E-state index >= 15 is 0 Å². The highest BCUT2D eigenvalue weighted by Crippen LogP contribution is 2.42. The van der Waals surface area contributed by atoms with Crippen molar-refractivity contribution in [1.82, 2.24) is 20.4 Å². The Morgan fingerprint density at radius 3 is 2.63 bits per heavy atom.